The van der Waals surface area contributed by atoms with Crippen LogP contribution < -0.4 is 10.6 Å². The fraction of sp³-hybridized carbons (Fsp3) is 0.188. The highest BCUT2D eigenvalue weighted by Crippen LogP contribution is 2.22. The van der Waals surface area contributed by atoms with E-state index in [1.807, 2.05) is 18.2 Å². The number of aryl methyl sites for hydroxylation is 2. The van der Waals surface area contributed by atoms with E-state index >= 15 is 0 Å². The van der Waals surface area contributed by atoms with Gasteiger partial charge in [0.1, 0.15) is 0 Å². The quantitative estimate of drug-likeness (QED) is 0.761. The number of hydrogen-bond acceptors (Lipinski definition) is 1. The molecule has 21 heavy (non-hydrogen) atoms. The van der Waals surface area contributed by atoms with Crippen molar-refractivity contribution in [1.29, 1.82) is 0 Å². The summed E-state index contributed by atoms with van der Waals surface area (Å²) in [5, 5.41) is 7.99. The summed E-state index contributed by atoms with van der Waals surface area (Å²) in [5.74, 6) is 0. The van der Waals surface area contributed by atoms with Crippen LogP contribution in [0.5, 0.6) is 0 Å². The Hall–Kier alpha value is -1.29. The molecule has 2 N–H and O–H groups in total. The number of halogens is 2. The lowest BCUT2D eigenvalue weighted by Crippen LogP contribution is -2.27. The first kappa shape index (κ1) is 16.1. The van der Waals surface area contributed by atoms with Gasteiger partial charge in [-0.3, -0.25) is 0 Å². The van der Waals surface area contributed by atoms with Crippen molar-refractivity contribution in [3.05, 3.63) is 63.1 Å². The minimum absolute atomic E-state index is 0.545. The van der Waals surface area contributed by atoms with Crippen molar-refractivity contribution in [3.8, 4) is 0 Å². The molecule has 0 heterocycles. The Kier molecular flexibility index (Phi) is 5.45. The van der Waals surface area contributed by atoms with Gasteiger partial charge in [0, 0.05) is 12.2 Å². The summed E-state index contributed by atoms with van der Waals surface area (Å²) < 4.78 is 0. The smallest absolute Gasteiger partial charge is 0.171 e. The molecule has 0 amide bonds. The van der Waals surface area contributed by atoms with Gasteiger partial charge in [-0.1, -0.05) is 35.3 Å². The summed E-state index contributed by atoms with van der Waals surface area (Å²) in [5.41, 5.74) is 4.49. The summed E-state index contributed by atoms with van der Waals surface area (Å²) in [6.07, 6.45) is 0. The van der Waals surface area contributed by atoms with Gasteiger partial charge in [-0.05, 0) is 67.0 Å². The zero-order valence-electron chi connectivity index (χ0n) is 11.8. The number of anilines is 1. The maximum absolute atomic E-state index is 5.98. The second kappa shape index (κ2) is 7.12. The molecule has 110 valence electrons. The summed E-state index contributed by atoms with van der Waals surface area (Å²) in [6.45, 7) is 4.75. The molecule has 0 spiro atoms. The molecule has 0 saturated heterocycles. The first-order chi connectivity index (χ1) is 9.95. The van der Waals surface area contributed by atoms with Gasteiger partial charge in [0.2, 0.25) is 0 Å². The number of thiocarbonyl (C=S) groups is 1. The molecule has 0 aliphatic heterocycles. The topological polar surface area (TPSA) is 24.1 Å². The van der Waals surface area contributed by atoms with Gasteiger partial charge in [-0.25, -0.2) is 0 Å². The van der Waals surface area contributed by atoms with Crippen molar-refractivity contribution in [3.63, 3.8) is 0 Å². The van der Waals surface area contributed by atoms with E-state index < -0.39 is 0 Å². The van der Waals surface area contributed by atoms with E-state index in [-0.39, 0.29) is 0 Å². The third-order valence-corrected chi connectivity index (χ3v) is 4.19. The van der Waals surface area contributed by atoms with Crippen LogP contribution in [0.4, 0.5) is 5.69 Å². The number of rotatable bonds is 3. The van der Waals surface area contributed by atoms with Crippen molar-refractivity contribution in [2.24, 2.45) is 0 Å². The molecule has 0 fully saturated rings. The summed E-state index contributed by atoms with van der Waals surface area (Å²) in [6, 6.07) is 11.7. The highest BCUT2D eigenvalue weighted by Gasteiger charge is 2.02. The van der Waals surface area contributed by atoms with Crippen LogP contribution in [0.1, 0.15) is 16.7 Å². The highest BCUT2D eigenvalue weighted by atomic mass is 35.5. The van der Waals surface area contributed by atoms with E-state index in [1.165, 1.54) is 11.1 Å². The molecule has 2 rings (SSSR count). The fourth-order valence-electron chi connectivity index (χ4n) is 1.83. The van der Waals surface area contributed by atoms with E-state index in [1.54, 1.807) is 6.07 Å². The largest absolute Gasteiger partial charge is 0.358 e. The molecule has 0 unspecified atom stereocenters. The Balaban J connectivity index is 1.92. The normalized spacial score (nSPS) is 10.3. The minimum Gasteiger partial charge on any atom is -0.358 e. The van der Waals surface area contributed by atoms with Gasteiger partial charge in [0.05, 0.1) is 10.0 Å². The lowest BCUT2D eigenvalue weighted by molar-refractivity contribution is 0.926. The molecule has 2 nitrogen and oxygen atoms in total. The van der Waals surface area contributed by atoms with Gasteiger partial charge < -0.3 is 10.6 Å². The monoisotopic (exact) mass is 338 g/mol. The van der Waals surface area contributed by atoms with Gasteiger partial charge >= 0.3 is 0 Å². The Morgan fingerprint density at radius 3 is 2.43 bits per heavy atom. The van der Waals surface area contributed by atoms with Crippen molar-refractivity contribution < 1.29 is 0 Å². The summed E-state index contributed by atoms with van der Waals surface area (Å²) in [4.78, 5) is 0. The standard InChI is InChI=1S/C16H16Cl2N2S/c1-10-3-5-13(7-11(10)2)20-16(21)19-9-12-4-6-14(17)15(18)8-12/h3-8H,9H2,1-2H3,(H2,19,20,21). The molecule has 0 saturated carbocycles. The SMILES string of the molecule is Cc1ccc(NC(=S)NCc2ccc(Cl)c(Cl)c2)cc1C. The maximum Gasteiger partial charge on any atom is 0.171 e. The van der Waals surface area contributed by atoms with Crippen molar-refractivity contribution in [2.45, 2.75) is 20.4 Å². The zero-order valence-corrected chi connectivity index (χ0v) is 14.2. The van der Waals surface area contributed by atoms with Gasteiger partial charge in [0.15, 0.2) is 5.11 Å². The van der Waals surface area contributed by atoms with Crippen LogP contribution in [-0.2, 0) is 6.54 Å². The second-order valence-corrected chi connectivity index (χ2v) is 6.08. The van der Waals surface area contributed by atoms with Gasteiger partial charge in [0.25, 0.3) is 0 Å². The molecule has 0 atom stereocenters. The molecule has 2 aromatic rings. The molecule has 0 bridgehead atoms. The molecular weight excluding hydrogens is 323 g/mol. The third kappa shape index (κ3) is 4.60. The predicted molar refractivity (Wildman–Crippen MR) is 95.4 cm³/mol. The predicted octanol–water partition coefficient (Wildman–Crippen LogP) is 5.10. The van der Waals surface area contributed by atoms with Crippen LogP contribution in [0.3, 0.4) is 0 Å². The van der Waals surface area contributed by atoms with E-state index in [0.717, 1.165) is 11.3 Å². The van der Waals surface area contributed by atoms with E-state index in [2.05, 4.69) is 36.6 Å². The van der Waals surface area contributed by atoms with Crippen molar-refractivity contribution >= 4 is 46.2 Å². The average molecular weight is 339 g/mol. The molecule has 0 aliphatic rings. The van der Waals surface area contributed by atoms with Gasteiger partial charge in [-0.2, -0.15) is 0 Å². The molecule has 0 aliphatic carbocycles. The number of nitrogens with one attached hydrogen (secondary N) is 2. The molecule has 0 radical (unpaired) electrons. The first-order valence-corrected chi connectivity index (χ1v) is 7.68. The van der Waals surface area contributed by atoms with Crippen LogP contribution in [0.2, 0.25) is 10.0 Å². The lowest BCUT2D eigenvalue weighted by atomic mass is 10.1. The van der Waals surface area contributed by atoms with Gasteiger partial charge in [-0.15, -0.1) is 0 Å². The van der Waals surface area contributed by atoms with Crippen molar-refractivity contribution in [1.82, 2.24) is 5.32 Å². The lowest BCUT2D eigenvalue weighted by Gasteiger charge is -2.12. The Bertz CT molecular complexity index is 671. The molecular formula is C16H16Cl2N2S. The van der Waals surface area contributed by atoms with Crippen LogP contribution in [-0.4, -0.2) is 5.11 Å². The second-order valence-electron chi connectivity index (χ2n) is 4.86. The summed E-state index contributed by atoms with van der Waals surface area (Å²) >= 11 is 17.2. The van der Waals surface area contributed by atoms with E-state index in [4.69, 9.17) is 35.4 Å². The molecule has 0 aromatic heterocycles. The van der Waals surface area contributed by atoms with Crippen LogP contribution >= 0.6 is 35.4 Å². The molecule has 2 aromatic carbocycles. The molecule has 5 heteroatoms. The van der Waals surface area contributed by atoms with Crippen molar-refractivity contribution in [2.75, 3.05) is 5.32 Å². The van der Waals surface area contributed by atoms with Crippen LogP contribution in [0.15, 0.2) is 36.4 Å². The average Bonchev–Trinajstić information content (AvgIpc) is 2.44. The first-order valence-electron chi connectivity index (χ1n) is 6.52. The van der Waals surface area contributed by atoms with E-state index in [0.29, 0.717) is 21.7 Å². The van der Waals surface area contributed by atoms with Crippen LogP contribution in [0.25, 0.3) is 0 Å². The third-order valence-electron chi connectivity index (χ3n) is 3.20. The fourth-order valence-corrected chi connectivity index (χ4v) is 2.34. The maximum atomic E-state index is 5.98. The minimum atomic E-state index is 0.545. The zero-order chi connectivity index (χ0) is 15.4. The Morgan fingerprint density at radius 2 is 1.76 bits per heavy atom. The van der Waals surface area contributed by atoms with Crippen LogP contribution in [0, 0.1) is 13.8 Å². The number of hydrogen-bond donors (Lipinski definition) is 2. The highest BCUT2D eigenvalue weighted by molar-refractivity contribution is 7.80. The van der Waals surface area contributed by atoms with E-state index in [9.17, 15) is 0 Å². The number of benzene rings is 2. The Labute approximate surface area is 140 Å². The Morgan fingerprint density at radius 1 is 1.00 bits per heavy atom. The summed E-state index contributed by atoms with van der Waals surface area (Å²) in [7, 11) is 0.